The van der Waals surface area contributed by atoms with E-state index in [1.807, 2.05) is 19.1 Å². The van der Waals surface area contributed by atoms with Gasteiger partial charge in [-0.2, -0.15) is 21.9 Å². The number of nitrogens with zero attached hydrogens (tertiary/aromatic N) is 4. The summed E-state index contributed by atoms with van der Waals surface area (Å²) in [6.45, 7) is 3.52. The number of nitrogen functional groups attached to an aromatic ring is 2. The zero-order valence-corrected chi connectivity index (χ0v) is 22.1. The number of hydrogen-bond donors (Lipinski definition) is 5. The SMILES string of the molecule is Cc1ccc(N=Nc2c(C)cc3cc(S(=O)(=O)O)c(N=Nc4cc(N)ccc4S(=O)(=O)O)c(N)c3c2O)cc1. The first-order valence-electron chi connectivity index (χ1n) is 11.0. The maximum absolute atomic E-state index is 12.2. The Morgan fingerprint density at radius 1 is 0.718 bits per heavy atom. The van der Waals surface area contributed by atoms with Crippen LogP contribution in [0.3, 0.4) is 0 Å². The van der Waals surface area contributed by atoms with Gasteiger partial charge in [0.05, 0.1) is 16.8 Å². The molecule has 0 unspecified atom stereocenters. The zero-order valence-electron chi connectivity index (χ0n) is 20.4. The lowest BCUT2D eigenvalue weighted by molar-refractivity contribution is 0.480. The average Bonchev–Trinajstić information content (AvgIpc) is 2.82. The lowest BCUT2D eigenvalue weighted by Crippen LogP contribution is -2.02. The Bertz CT molecular complexity index is 1900. The van der Waals surface area contributed by atoms with Crippen molar-refractivity contribution < 1.29 is 31.0 Å². The fraction of sp³-hybridized carbons (Fsp3) is 0.0833. The van der Waals surface area contributed by atoms with E-state index < -0.39 is 52.8 Å². The largest absolute Gasteiger partial charge is 0.505 e. The molecule has 7 N–H and O–H groups in total. The molecule has 202 valence electrons. The highest BCUT2D eigenvalue weighted by atomic mass is 32.2. The van der Waals surface area contributed by atoms with E-state index in [2.05, 4.69) is 20.5 Å². The lowest BCUT2D eigenvalue weighted by atomic mass is 10.0. The highest BCUT2D eigenvalue weighted by Crippen LogP contribution is 2.47. The van der Waals surface area contributed by atoms with Crippen molar-refractivity contribution in [2.45, 2.75) is 23.6 Å². The molecule has 0 saturated heterocycles. The molecule has 13 nitrogen and oxygen atoms in total. The minimum Gasteiger partial charge on any atom is -0.505 e. The van der Waals surface area contributed by atoms with Crippen LogP contribution in [0.5, 0.6) is 5.75 Å². The van der Waals surface area contributed by atoms with Crippen molar-refractivity contribution in [2.75, 3.05) is 11.5 Å². The second-order valence-corrected chi connectivity index (χ2v) is 11.3. The topological polar surface area (TPSA) is 230 Å². The van der Waals surface area contributed by atoms with Crippen molar-refractivity contribution in [1.29, 1.82) is 0 Å². The molecule has 0 heterocycles. The minimum absolute atomic E-state index is 0.0433. The number of azo groups is 2. The monoisotopic (exact) mass is 570 g/mol. The summed E-state index contributed by atoms with van der Waals surface area (Å²) in [5.74, 6) is -0.445. The number of benzene rings is 4. The first-order valence-corrected chi connectivity index (χ1v) is 13.9. The van der Waals surface area contributed by atoms with Crippen LogP contribution >= 0.6 is 0 Å². The quantitative estimate of drug-likeness (QED) is 0.109. The summed E-state index contributed by atoms with van der Waals surface area (Å²) in [6.07, 6.45) is 0. The van der Waals surface area contributed by atoms with Crippen LogP contribution in [0, 0.1) is 13.8 Å². The maximum Gasteiger partial charge on any atom is 0.296 e. The predicted octanol–water partition coefficient (Wildman–Crippen LogP) is 5.65. The van der Waals surface area contributed by atoms with Crippen molar-refractivity contribution >= 4 is 65.1 Å². The Hall–Kier alpha value is -4.44. The minimum atomic E-state index is -4.93. The Labute approximate surface area is 223 Å². The fourth-order valence-corrected chi connectivity index (χ4v) is 5.03. The Kier molecular flexibility index (Phi) is 7.10. The molecule has 0 fully saturated rings. The average molecular weight is 571 g/mol. The first-order chi connectivity index (χ1) is 18.2. The van der Waals surface area contributed by atoms with Crippen LogP contribution in [0.1, 0.15) is 11.1 Å². The van der Waals surface area contributed by atoms with Gasteiger partial charge < -0.3 is 16.6 Å². The molecule has 0 aromatic heterocycles. The third-order valence-electron chi connectivity index (χ3n) is 5.64. The van der Waals surface area contributed by atoms with Crippen molar-refractivity contribution in [2.24, 2.45) is 20.5 Å². The Balaban J connectivity index is 1.95. The van der Waals surface area contributed by atoms with Gasteiger partial charge in [-0.3, -0.25) is 9.11 Å². The van der Waals surface area contributed by atoms with Crippen LogP contribution in [-0.4, -0.2) is 31.0 Å². The van der Waals surface area contributed by atoms with E-state index in [1.165, 1.54) is 12.1 Å². The lowest BCUT2D eigenvalue weighted by Gasteiger charge is -2.13. The maximum atomic E-state index is 12.2. The highest BCUT2D eigenvalue weighted by Gasteiger charge is 2.25. The van der Waals surface area contributed by atoms with E-state index in [0.717, 1.165) is 23.8 Å². The van der Waals surface area contributed by atoms with Gasteiger partial charge in [0.2, 0.25) is 0 Å². The van der Waals surface area contributed by atoms with Crippen molar-refractivity contribution in [3.8, 4) is 5.75 Å². The summed E-state index contributed by atoms with van der Waals surface area (Å²) in [5.41, 5.74) is 12.5. The molecule has 4 aromatic carbocycles. The predicted molar refractivity (Wildman–Crippen MR) is 145 cm³/mol. The number of phenols is 1. The van der Waals surface area contributed by atoms with Gasteiger partial charge in [0.15, 0.2) is 5.75 Å². The molecule has 0 aliphatic rings. The summed E-state index contributed by atoms with van der Waals surface area (Å²) < 4.78 is 67.3. The summed E-state index contributed by atoms with van der Waals surface area (Å²) in [4.78, 5) is -1.42. The van der Waals surface area contributed by atoms with E-state index in [1.54, 1.807) is 19.1 Å². The normalized spacial score (nSPS) is 12.6. The number of phenolic OH excluding ortho intramolecular Hbond substituents is 1. The van der Waals surface area contributed by atoms with E-state index in [-0.39, 0.29) is 22.1 Å². The smallest absolute Gasteiger partial charge is 0.296 e. The number of rotatable bonds is 6. The van der Waals surface area contributed by atoms with Gasteiger partial charge in [-0.1, -0.05) is 17.7 Å². The molecule has 15 heteroatoms. The number of aryl methyl sites for hydroxylation is 2. The van der Waals surface area contributed by atoms with Gasteiger partial charge >= 0.3 is 0 Å². The van der Waals surface area contributed by atoms with Crippen molar-refractivity contribution in [3.05, 3.63) is 65.7 Å². The third-order valence-corrected chi connectivity index (χ3v) is 7.40. The van der Waals surface area contributed by atoms with Crippen LogP contribution in [-0.2, 0) is 20.2 Å². The molecule has 0 atom stereocenters. The van der Waals surface area contributed by atoms with E-state index >= 15 is 0 Å². The summed E-state index contributed by atoms with van der Waals surface area (Å²) in [7, 11) is -9.69. The molecule has 0 radical (unpaired) electrons. The molecule has 4 rings (SSSR count). The second-order valence-electron chi connectivity index (χ2n) is 8.54. The third kappa shape index (κ3) is 5.70. The van der Waals surface area contributed by atoms with Crippen LogP contribution in [0.2, 0.25) is 0 Å². The number of hydrogen-bond acceptors (Lipinski definition) is 11. The zero-order chi connectivity index (χ0) is 28.7. The number of fused-ring (bicyclic) bond motifs is 1. The molecule has 0 saturated carbocycles. The summed E-state index contributed by atoms with van der Waals surface area (Å²) >= 11 is 0. The molecule has 39 heavy (non-hydrogen) atoms. The van der Waals surface area contributed by atoms with E-state index in [9.17, 15) is 31.0 Å². The van der Waals surface area contributed by atoms with Gasteiger partial charge in [-0.15, -0.1) is 15.3 Å². The first kappa shape index (κ1) is 27.6. The molecular formula is C24H22N6O7S2. The molecule has 0 spiro atoms. The number of aromatic hydroxyl groups is 1. The number of nitrogens with two attached hydrogens (primary N) is 2. The Morgan fingerprint density at radius 2 is 1.33 bits per heavy atom. The van der Waals surface area contributed by atoms with E-state index in [4.69, 9.17) is 11.5 Å². The van der Waals surface area contributed by atoms with Crippen molar-refractivity contribution in [3.63, 3.8) is 0 Å². The molecule has 4 aromatic rings. The van der Waals surface area contributed by atoms with Crippen molar-refractivity contribution in [1.82, 2.24) is 0 Å². The molecule has 0 aliphatic carbocycles. The van der Waals surface area contributed by atoms with Crippen LogP contribution in [0.4, 0.5) is 34.1 Å². The number of anilines is 2. The highest BCUT2D eigenvalue weighted by molar-refractivity contribution is 7.86. The summed E-state index contributed by atoms with van der Waals surface area (Å²) in [6, 6.07) is 12.9. The molecule has 0 bridgehead atoms. The second kappa shape index (κ2) is 10.0. The van der Waals surface area contributed by atoms with Gasteiger partial charge in [-0.25, -0.2) is 0 Å². The standard InChI is InChI=1S/C24H22N6O7S2/c1-12-3-6-16(7-4-12)27-29-22-13(2)9-14-10-19(39(35,36)37)23(21(26)20(14)24(22)31)30-28-17-11-15(25)5-8-18(17)38(32,33)34/h3-11,31H,25-26H2,1-2H3,(H,32,33,34)(H,35,36,37). The van der Waals surface area contributed by atoms with Crippen LogP contribution in [0.15, 0.2) is 84.8 Å². The van der Waals surface area contributed by atoms with Gasteiger partial charge in [0.1, 0.15) is 26.9 Å². The van der Waals surface area contributed by atoms with Crippen LogP contribution in [0.25, 0.3) is 10.8 Å². The fourth-order valence-electron chi connectivity index (χ4n) is 3.75. The van der Waals surface area contributed by atoms with Gasteiger partial charge in [0.25, 0.3) is 20.2 Å². The molecule has 0 amide bonds. The molecular weight excluding hydrogens is 548 g/mol. The van der Waals surface area contributed by atoms with Crippen LogP contribution < -0.4 is 11.5 Å². The van der Waals surface area contributed by atoms with Gasteiger partial charge in [-0.05, 0) is 67.3 Å². The van der Waals surface area contributed by atoms with E-state index in [0.29, 0.717) is 11.3 Å². The Morgan fingerprint density at radius 3 is 1.95 bits per heavy atom. The van der Waals surface area contributed by atoms with Gasteiger partial charge in [0, 0.05) is 5.69 Å². The summed E-state index contributed by atoms with van der Waals surface area (Å²) in [5, 5.41) is 26.9. The molecule has 0 aliphatic heterocycles.